The minimum atomic E-state index is -1.11. The summed E-state index contributed by atoms with van der Waals surface area (Å²) in [5.41, 5.74) is 0.0409. The lowest BCUT2D eigenvalue weighted by atomic mass is 10.3. The smallest absolute Gasteiger partial charge is 0.338 e. The molecule has 0 atom stereocenters. The van der Waals surface area contributed by atoms with Gasteiger partial charge < -0.3 is 10.4 Å². The van der Waals surface area contributed by atoms with Crippen LogP contribution in [-0.4, -0.2) is 40.2 Å². The highest BCUT2D eigenvalue weighted by Crippen LogP contribution is 2.27. The van der Waals surface area contributed by atoms with Gasteiger partial charge in [-0.05, 0) is 13.0 Å². The summed E-state index contributed by atoms with van der Waals surface area (Å²) in [5.74, 6) is -2.08. The second-order valence-corrected chi connectivity index (χ2v) is 5.90. The molecule has 8 heteroatoms. The molecule has 0 spiro atoms. The summed E-state index contributed by atoms with van der Waals surface area (Å²) >= 11 is 1.17. The highest BCUT2D eigenvalue weighted by atomic mass is 32.1. The average molecular weight is 310 g/mol. The molecule has 1 saturated heterocycles. The number of likely N-dealkylation sites (tertiary alicyclic amines) is 1. The quantitative estimate of drug-likeness (QED) is 0.796. The number of amides is 3. The Morgan fingerprint density at radius 3 is 2.52 bits per heavy atom. The predicted molar refractivity (Wildman–Crippen MR) is 75.2 cm³/mol. The van der Waals surface area contributed by atoms with Gasteiger partial charge in [0.15, 0.2) is 0 Å². The van der Waals surface area contributed by atoms with Crippen LogP contribution in [0.4, 0.5) is 5.00 Å². The molecule has 0 aliphatic carbocycles. The van der Waals surface area contributed by atoms with E-state index in [1.807, 2.05) is 0 Å². The molecule has 1 aliphatic heterocycles. The molecule has 2 heterocycles. The number of aryl methyl sites for hydroxylation is 1. The van der Waals surface area contributed by atoms with Crippen molar-refractivity contribution >= 4 is 40.0 Å². The van der Waals surface area contributed by atoms with Crippen LogP contribution in [-0.2, 0) is 14.4 Å². The maximum absolute atomic E-state index is 11.8. The first-order chi connectivity index (χ1) is 9.88. The molecule has 3 amide bonds. The van der Waals surface area contributed by atoms with Gasteiger partial charge in [0.2, 0.25) is 17.7 Å². The van der Waals surface area contributed by atoms with Gasteiger partial charge in [-0.15, -0.1) is 11.3 Å². The number of nitrogens with zero attached hydrogens (tertiary/aromatic N) is 1. The Morgan fingerprint density at radius 1 is 1.33 bits per heavy atom. The number of thiophene rings is 1. The van der Waals surface area contributed by atoms with Crippen molar-refractivity contribution in [3.63, 3.8) is 0 Å². The zero-order valence-electron chi connectivity index (χ0n) is 11.3. The molecule has 112 valence electrons. The summed E-state index contributed by atoms with van der Waals surface area (Å²) < 4.78 is 0. The van der Waals surface area contributed by atoms with E-state index < -0.39 is 11.9 Å². The minimum absolute atomic E-state index is 0.0241. The molecule has 0 bridgehead atoms. The van der Waals surface area contributed by atoms with E-state index in [1.54, 1.807) is 6.92 Å². The van der Waals surface area contributed by atoms with Crippen LogP contribution in [0.3, 0.4) is 0 Å². The number of nitrogens with one attached hydrogen (secondary N) is 1. The summed E-state index contributed by atoms with van der Waals surface area (Å²) in [6.07, 6.45) is 0.328. The topological polar surface area (TPSA) is 104 Å². The number of hydrogen-bond acceptors (Lipinski definition) is 5. The van der Waals surface area contributed by atoms with Crippen LogP contribution in [0.1, 0.15) is 34.5 Å². The first kappa shape index (κ1) is 15.2. The van der Waals surface area contributed by atoms with Gasteiger partial charge in [0.25, 0.3) is 0 Å². The summed E-state index contributed by atoms with van der Waals surface area (Å²) in [6.45, 7) is 1.77. The number of aromatic carboxylic acids is 1. The number of imide groups is 1. The number of carbonyl (C=O) groups is 4. The maximum atomic E-state index is 11.8. The number of carboxylic acids is 1. The molecule has 7 nitrogen and oxygen atoms in total. The summed E-state index contributed by atoms with van der Waals surface area (Å²) in [4.78, 5) is 47.5. The molecular formula is C13H14N2O5S. The van der Waals surface area contributed by atoms with Crippen LogP contribution in [0, 0.1) is 6.92 Å². The van der Waals surface area contributed by atoms with E-state index in [9.17, 15) is 19.2 Å². The fourth-order valence-corrected chi connectivity index (χ4v) is 2.96. The van der Waals surface area contributed by atoms with Gasteiger partial charge in [0.1, 0.15) is 5.00 Å². The molecule has 0 unspecified atom stereocenters. The maximum Gasteiger partial charge on any atom is 0.338 e. The molecule has 21 heavy (non-hydrogen) atoms. The molecule has 0 saturated carbocycles. The van der Waals surface area contributed by atoms with E-state index in [-0.39, 0.29) is 48.2 Å². The van der Waals surface area contributed by atoms with Gasteiger partial charge in [-0.3, -0.25) is 19.3 Å². The number of rotatable bonds is 5. The lowest BCUT2D eigenvalue weighted by Gasteiger charge is -2.13. The van der Waals surface area contributed by atoms with E-state index in [0.29, 0.717) is 0 Å². The van der Waals surface area contributed by atoms with Crippen molar-refractivity contribution in [2.75, 3.05) is 11.9 Å². The van der Waals surface area contributed by atoms with Crippen LogP contribution in [0.2, 0.25) is 0 Å². The van der Waals surface area contributed by atoms with E-state index in [1.165, 1.54) is 17.4 Å². The van der Waals surface area contributed by atoms with Crippen molar-refractivity contribution in [1.29, 1.82) is 0 Å². The summed E-state index contributed by atoms with van der Waals surface area (Å²) in [7, 11) is 0. The van der Waals surface area contributed by atoms with Crippen LogP contribution < -0.4 is 5.32 Å². The molecule has 1 aromatic heterocycles. The normalized spacial score (nSPS) is 14.6. The first-order valence-corrected chi connectivity index (χ1v) is 7.17. The Balaban J connectivity index is 1.95. The van der Waals surface area contributed by atoms with Gasteiger partial charge in [0.05, 0.1) is 5.56 Å². The molecule has 2 N–H and O–H groups in total. The van der Waals surface area contributed by atoms with Gasteiger partial charge in [-0.1, -0.05) is 0 Å². The Labute approximate surface area is 124 Å². The number of hydrogen-bond donors (Lipinski definition) is 2. The third kappa shape index (κ3) is 3.46. The van der Waals surface area contributed by atoms with Crippen molar-refractivity contribution in [2.45, 2.75) is 26.2 Å². The number of anilines is 1. The fraction of sp³-hybridized carbons (Fsp3) is 0.385. The molecule has 1 aromatic rings. The van der Waals surface area contributed by atoms with Gasteiger partial charge >= 0.3 is 5.97 Å². The minimum Gasteiger partial charge on any atom is -0.478 e. The molecular weight excluding hydrogens is 296 g/mol. The molecule has 1 fully saturated rings. The van der Waals surface area contributed by atoms with Crippen LogP contribution in [0.15, 0.2) is 6.07 Å². The standard InChI is InChI=1S/C13H14N2O5S/c1-7-6-8(13(19)20)12(21-7)14-9(16)4-5-15-10(17)2-3-11(15)18/h6H,2-5H2,1H3,(H,14,16)(H,19,20). The van der Waals surface area contributed by atoms with Crippen LogP contribution in [0.25, 0.3) is 0 Å². The van der Waals surface area contributed by atoms with Crippen LogP contribution in [0.5, 0.6) is 0 Å². The Kier molecular flexibility index (Phi) is 4.37. The Bertz CT molecular complexity index is 606. The highest BCUT2D eigenvalue weighted by molar-refractivity contribution is 7.16. The Morgan fingerprint density at radius 2 is 1.95 bits per heavy atom. The van der Waals surface area contributed by atoms with Gasteiger partial charge in [0, 0.05) is 30.7 Å². The second kappa shape index (κ2) is 6.04. The average Bonchev–Trinajstić information content (AvgIpc) is 2.91. The van der Waals surface area contributed by atoms with E-state index in [0.717, 1.165) is 9.78 Å². The first-order valence-electron chi connectivity index (χ1n) is 6.35. The van der Waals surface area contributed by atoms with Gasteiger partial charge in [-0.2, -0.15) is 0 Å². The van der Waals surface area contributed by atoms with Crippen molar-refractivity contribution in [1.82, 2.24) is 4.90 Å². The number of carbonyl (C=O) groups excluding carboxylic acids is 3. The third-order valence-electron chi connectivity index (χ3n) is 3.06. The van der Waals surface area contributed by atoms with Crippen molar-refractivity contribution in [2.24, 2.45) is 0 Å². The van der Waals surface area contributed by atoms with Crippen molar-refractivity contribution in [3.05, 3.63) is 16.5 Å². The lowest BCUT2D eigenvalue weighted by Crippen LogP contribution is -2.32. The SMILES string of the molecule is Cc1cc(C(=O)O)c(NC(=O)CCN2C(=O)CCC2=O)s1. The molecule has 1 aliphatic rings. The largest absolute Gasteiger partial charge is 0.478 e. The van der Waals surface area contributed by atoms with Gasteiger partial charge in [-0.25, -0.2) is 4.79 Å². The number of carboxylic acid groups (broad SMARTS) is 1. The van der Waals surface area contributed by atoms with Crippen molar-refractivity contribution in [3.8, 4) is 0 Å². The second-order valence-electron chi connectivity index (χ2n) is 4.64. The van der Waals surface area contributed by atoms with E-state index in [2.05, 4.69) is 5.32 Å². The fourth-order valence-electron chi connectivity index (χ4n) is 2.04. The summed E-state index contributed by atoms with van der Waals surface area (Å²) in [5, 5.41) is 11.8. The van der Waals surface area contributed by atoms with Crippen molar-refractivity contribution < 1.29 is 24.3 Å². The van der Waals surface area contributed by atoms with Crippen LogP contribution >= 0.6 is 11.3 Å². The van der Waals surface area contributed by atoms with E-state index in [4.69, 9.17) is 5.11 Å². The zero-order chi connectivity index (χ0) is 15.6. The van der Waals surface area contributed by atoms with E-state index >= 15 is 0 Å². The zero-order valence-corrected chi connectivity index (χ0v) is 12.2. The molecule has 0 aromatic carbocycles. The molecule has 0 radical (unpaired) electrons. The summed E-state index contributed by atoms with van der Waals surface area (Å²) in [6, 6.07) is 1.48. The predicted octanol–water partition coefficient (Wildman–Crippen LogP) is 1.23. The monoisotopic (exact) mass is 310 g/mol. The molecule has 2 rings (SSSR count). The lowest BCUT2D eigenvalue weighted by molar-refractivity contribution is -0.138. The third-order valence-corrected chi connectivity index (χ3v) is 4.02. The highest BCUT2D eigenvalue weighted by Gasteiger charge is 2.29. The Hall–Kier alpha value is -2.22.